The van der Waals surface area contributed by atoms with E-state index in [-0.39, 0.29) is 5.91 Å². The number of carbonyl (C=O) groups is 1. The minimum Gasteiger partial charge on any atom is -0.496 e. The molecule has 4 heteroatoms. The molecule has 0 aliphatic heterocycles. The van der Waals surface area contributed by atoms with E-state index in [2.05, 4.69) is 5.32 Å². The number of hydrogen-bond acceptors (Lipinski definition) is 3. The first-order chi connectivity index (χ1) is 6.64. The van der Waals surface area contributed by atoms with E-state index in [9.17, 15) is 4.79 Å². The Morgan fingerprint density at radius 2 is 2.21 bits per heavy atom. The second-order valence-corrected chi connectivity index (χ2v) is 2.91. The largest absolute Gasteiger partial charge is 0.496 e. The van der Waals surface area contributed by atoms with Crippen LogP contribution in [0.4, 0.5) is 0 Å². The molecular formula is C10H14NO3. The van der Waals surface area contributed by atoms with Crippen molar-refractivity contribution in [3.63, 3.8) is 0 Å². The van der Waals surface area contributed by atoms with E-state index in [4.69, 9.17) is 9.47 Å². The Kier molecular flexibility index (Phi) is 3.30. The first kappa shape index (κ1) is 10.8. The smallest absolute Gasteiger partial charge is 0.219 e. The Morgan fingerprint density at radius 3 is 2.71 bits per heavy atom. The lowest BCUT2D eigenvalue weighted by atomic mass is 10.0. The van der Waals surface area contributed by atoms with Gasteiger partial charge in [0, 0.05) is 20.5 Å². The molecule has 1 N–H and O–H groups in total. The van der Waals surface area contributed by atoms with E-state index in [1.807, 2.05) is 6.42 Å². The molecule has 1 atom stereocenters. The molecule has 14 heavy (non-hydrogen) atoms. The molecule has 1 aliphatic carbocycles. The molecule has 4 nitrogen and oxygen atoms in total. The van der Waals surface area contributed by atoms with Gasteiger partial charge in [-0.3, -0.25) is 4.79 Å². The number of rotatable bonds is 3. The van der Waals surface area contributed by atoms with Gasteiger partial charge in [0.25, 0.3) is 0 Å². The fourth-order valence-corrected chi connectivity index (χ4v) is 1.34. The molecule has 0 aromatic heterocycles. The molecule has 0 spiro atoms. The van der Waals surface area contributed by atoms with Gasteiger partial charge in [0.1, 0.15) is 5.76 Å². The van der Waals surface area contributed by atoms with Crippen molar-refractivity contribution < 1.29 is 14.3 Å². The van der Waals surface area contributed by atoms with Crippen LogP contribution in [0, 0.1) is 6.42 Å². The number of carbonyl (C=O) groups excluding carboxylic acids is 1. The number of methoxy groups -OCH3 is 2. The topological polar surface area (TPSA) is 47.6 Å². The molecule has 1 radical (unpaired) electrons. The third-order valence-corrected chi connectivity index (χ3v) is 1.96. The van der Waals surface area contributed by atoms with Crippen LogP contribution in [0.5, 0.6) is 0 Å². The maximum atomic E-state index is 11.0. The molecule has 0 bridgehead atoms. The molecule has 0 saturated carbocycles. The van der Waals surface area contributed by atoms with Gasteiger partial charge in [0.2, 0.25) is 11.6 Å². The maximum Gasteiger partial charge on any atom is 0.219 e. The first-order valence-corrected chi connectivity index (χ1v) is 4.26. The summed E-state index contributed by atoms with van der Waals surface area (Å²) in [5, 5.41) is 2.68. The van der Waals surface area contributed by atoms with Gasteiger partial charge in [-0.15, -0.1) is 0 Å². The summed E-state index contributed by atoms with van der Waals surface area (Å²) in [7, 11) is 3.05. The lowest BCUT2D eigenvalue weighted by Gasteiger charge is -2.32. The summed E-state index contributed by atoms with van der Waals surface area (Å²) in [5.41, 5.74) is -0.963. The fraction of sp³-hybridized carbons (Fsp3) is 0.400. The maximum absolute atomic E-state index is 11.0. The number of allylic oxidation sites excluding steroid dienone is 2. The predicted molar refractivity (Wildman–Crippen MR) is 52.1 cm³/mol. The number of ether oxygens (including phenoxy) is 2. The van der Waals surface area contributed by atoms with Crippen molar-refractivity contribution in [1.82, 2.24) is 5.32 Å². The van der Waals surface area contributed by atoms with Crippen LogP contribution in [0.2, 0.25) is 0 Å². The van der Waals surface area contributed by atoms with Crippen molar-refractivity contribution in [2.45, 2.75) is 12.6 Å². The van der Waals surface area contributed by atoms with Gasteiger partial charge in [-0.2, -0.15) is 0 Å². The molecule has 1 rings (SSSR count). The van der Waals surface area contributed by atoms with Gasteiger partial charge in [0.05, 0.1) is 7.11 Å². The fourth-order valence-electron chi connectivity index (χ4n) is 1.34. The minimum absolute atomic E-state index is 0.179. The van der Waals surface area contributed by atoms with E-state index in [0.717, 1.165) is 0 Å². The summed E-state index contributed by atoms with van der Waals surface area (Å²) in [6, 6.07) is 0. The summed E-state index contributed by atoms with van der Waals surface area (Å²) in [4.78, 5) is 11.0. The summed E-state index contributed by atoms with van der Waals surface area (Å²) >= 11 is 0. The molecule has 1 unspecified atom stereocenters. The molecule has 0 aromatic rings. The first-order valence-electron chi connectivity index (χ1n) is 4.26. The van der Waals surface area contributed by atoms with Gasteiger partial charge < -0.3 is 14.8 Å². The summed E-state index contributed by atoms with van der Waals surface area (Å²) < 4.78 is 10.4. The van der Waals surface area contributed by atoms with Crippen LogP contribution in [0.1, 0.15) is 6.92 Å². The Balaban J connectivity index is 2.94. The SMILES string of the molecule is COC1=C[CH]C=CC1(NC(C)=O)OC. The van der Waals surface area contributed by atoms with Crippen LogP contribution in [-0.4, -0.2) is 25.9 Å². The number of nitrogens with one attached hydrogen (secondary N) is 1. The molecule has 77 valence electrons. The Hall–Kier alpha value is -1.29. The third kappa shape index (κ3) is 1.96. The molecule has 0 aromatic carbocycles. The van der Waals surface area contributed by atoms with Crippen molar-refractivity contribution in [1.29, 1.82) is 0 Å². The summed E-state index contributed by atoms with van der Waals surface area (Å²) in [6.07, 6.45) is 7.09. The average Bonchev–Trinajstić information content (AvgIpc) is 2.17. The highest BCUT2D eigenvalue weighted by molar-refractivity contribution is 5.74. The molecule has 0 saturated heterocycles. The lowest BCUT2D eigenvalue weighted by Crippen LogP contribution is -2.50. The summed E-state index contributed by atoms with van der Waals surface area (Å²) in [5.74, 6) is 0.374. The quantitative estimate of drug-likeness (QED) is 0.678. The van der Waals surface area contributed by atoms with Gasteiger partial charge in [-0.25, -0.2) is 0 Å². The van der Waals surface area contributed by atoms with Gasteiger partial charge in [-0.05, 0) is 12.2 Å². The Morgan fingerprint density at radius 1 is 1.50 bits per heavy atom. The molecular weight excluding hydrogens is 182 g/mol. The Labute approximate surface area is 83.6 Å². The van der Waals surface area contributed by atoms with Crippen molar-refractivity contribution in [3.8, 4) is 0 Å². The zero-order valence-electron chi connectivity index (χ0n) is 8.53. The van der Waals surface area contributed by atoms with Gasteiger partial charge >= 0.3 is 0 Å². The van der Waals surface area contributed by atoms with E-state index in [1.54, 1.807) is 18.2 Å². The third-order valence-electron chi connectivity index (χ3n) is 1.96. The number of amides is 1. The molecule has 0 fully saturated rings. The van der Waals surface area contributed by atoms with E-state index >= 15 is 0 Å². The van der Waals surface area contributed by atoms with Crippen LogP contribution in [0.3, 0.4) is 0 Å². The standard InChI is InChI=1S/C10H14NO3/c1-8(12)11-10(14-3)7-5-4-6-9(10)13-2/h4-7H,1-3H3,(H,11,12). The van der Waals surface area contributed by atoms with E-state index < -0.39 is 5.72 Å². The summed E-state index contributed by atoms with van der Waals surface area (Å²) in [6.45, 7) is 1.43. The normalized spacial score (nSPS) is 25.5. The monoisotopic (exact) mass is 196 g/mol. The average molecular weight is 196 g/mol. The van der Waals surface area contributed by atoms with Crippen molar-refractivity contribution in [2.24, 2.45) is 0 Å². The Bertz CT molecular complexity index is 283. The van der Waals surface area contributed by atoms with Crippen LogP contribution in [0.15, 0.2) is 24.0 Å². The highest BCUT2D eigenvalue weighted by Crippen LogP contribution is 2.24. The highest BCUT2D eigenvalue weighted by atomic mass is 16.5. The second-order valence-electron chi connectivity index (χ2n) is 2.91. The molecule has 0 heterocycles. The van der Waals surface area contributed by atoms with Crippen molar-refractivity contribution >= 4 is 5.91 Å². The van der Waals surface area contributed by atoms with Crippen LogP contribution in [-0.2, 0) is 14.3 Å². The van der Waals surface area contributed by atoms with E-state index in [1.165, 1.54) is 21.1 Å². The minimum atomic E-state index is -0.963. The molecule has 1 aliphatic rings. The zero-order valence-corrected chi connectivity index (χ0v) is 8.53. The molecule has 1 amide bonds. The van der Waals surface area contributed by atoms with E-state index in [0.29, 0.717) is 5.76 Å². The number of hydrogen-bond donors (Lipinski definition) is 1. The lowest BCUT2D eigenvalue weighted by molar-refractivity contribution is -0.125. The van der Waals surface area contributed by atoms with Crippen LogP contribution in [0.25, 0.3) is 0 Å². The van der Waals surface area contributed by atoms with Crippen molar-refractivity contribution in [2.75, 3.05) is 14.2 Å². The highest BCUT2D eigenvalue weighted by Gasteiger charge is 2.35. The second kappa shape index (κ2) is 4.28. The van der Waals surface area contributed by atoms with Gasteiger partial charge in [0.15, 0.2) is 0 Å². The van der Waals surface area contributed by atoms with Crippen LogP contribution < -0.4 is 5.32 Å². The zero-order chi connectivity index (χ0) is 10.6. The van der Waals surface area contributed by atoms with Gasteiger partial charge in [-0.1, -0.05) is 6.08 Å². The van der Waals surface area contributed by atoms with Crippen molar-refractivity contribution in [3.05, 3.63) is 30.4 Å². The predicted octanol–water partition coefficient (Wildman–Crippen LogP) is 0.770. The van der Waals surface area contributed by atoms with Crippen LogP contribution >= 0.6 is 0 Å².